The lowest BCUT2D eigenvalue weighted by Gasteiger charge is -2.26. The van der Waals surface area contributed by atoms with Gasteiger partial charge in [-0.15, -0.1) is 0 Å². The maximum absolute atomic E-state index is 13.2. The molecule has 0 bridgehead atoms. The molecule has 0 saturated heterocycles. The Labute approximate surface area is 117 Å². The highest BCUT2D eigenvalue weighted by molar-refractivity contribution is 6.03. The molecule has 102 valence electrons. The summed E-state index contributed by atoms with van der Waals surface area (Å²) in [4.78, 5) is 12.7. The van der Waals surface area contributed by atoms with E-state index in [1.165, 1.54) is 12.1 Å². The first-order valence-corrected chi connectivity index (χ1v) is 6.80. The zero-order valence-corrected chi connectivity index (χ0v) is 11.3. The van der Waals surface area contributed by atoms with Gasteiger partial charge in [-0.2, -0.15) is 0 Å². The summed E-state index contributed by atoms with van der Waals surface area (Å²) in [6, 6.07) is 12.3. The summed E-state index contributed by atoms with van der Waals surface area (Å²) < 4.78 is 13.2. The van der Waals surface area contributed by atoms with Crippen LogP contribution in [0, 0.1) is 12.7 Å². The molecule has 2 aromatic rings. The van der Waals surface area contributed by atoms with Crippen molar-refractivity contribution < 1.29 is 9.18 Å². The van der Waals surface area contributed by atoms with Crippen molar-refractivity contribution in [2.24, 2.45) is 0 Å². The smallest absolute Gasteiger partial charge is 0.170 e. The van der Waals surface area contributed by atoms with Crippen LogP contribution in [0.3, 0.4) is 0 Å². The van der Waals surface area contributed by atoms with E-state index in [0.29, 0.717) is 11.1 Å². The Morgan fingerprint density at radius 2 is 2.05 bits per heavy atom. The molecule has 1 aliphatic heterocycles. The summed E-state index contributed by atoms with van der Waals surface area (Å²) in [5.41, 5.74) is 3.38. The maximum Gasteiger partial charge on any atom is 0.170 e. The highest BCUT2D eigenvalue weighted by Crippen LogP contribution is 2.34. The van der Waals surface area contributed by atoms with Gasteiger partial charge in [0.2, 0.25) is 0 Å². The Morgan fingerprint density at radius 1 is 1.25 bits per heavy atom. The number of carbonyl (C=O) groups is 1. The van der Waals surface area contributed by atoms with Gasteiger partial charge in [-0.1, -0.05) is 18.2 Å². The maximum atomic E-state index is 13.2. The molecule has 1 atom stereocenters. The van der Waals surface area contributed by atoms with Crippen LogP contribution in [0.1, 0.15) is 33.8 Å². The molecule has 2 aromatic carbocycles. The topological polar surface area (TPSA) is 29.1 Å². The monoisotopic (exact) mass is 269 g/mol. The summed E-state index contributed by atoms with van der Waals surface area (Å²) >= 11 is 0. The Balaban J connectivity index is 2.00. The number of carbonyl (C=O) groups excluding carboxylic acids is 1. The van der Waals surface area contributed by atoms with Crippen molar-refractivity contribution in [1.29, 1.82) is 0 Å². The number of halogens is 1. The van der Waals surface area contributed by atoms with Crippen molar-refractivity contribution in [3.8, 4) is 0 Å². The molecular weight excluding hydrogens is 253 g/mol. The van der Waals surface area contributed by atoms with E-state index >= 15 is 0 Å². The molecule has 3 heteroatoms. The third-order valence-electron chi connectivity index (χ3n) is 3.86. The van der Waals surface area contributed by atoms with Gasteiger partial charge in [0.25, 0.3) is 0 Å². The predicted molar refractivity (Wildman–Crippen MR) is 77.8 cm³/mol. The van der Waals surface area contributed by atoms with Crippen LogP contribution >= 0.6 is 0 Å². The molecule has 2 nitrogen and oxygen atoms in total. The van der Waals surface area contributed by atoms with Crippen LogP contribution in [-0.4, -0.2) is 12.3 Å². The summed E-state index contributed by atoms with van der Waals surface area (Å²) in [7, 11) is 0. The number of Topliss-reactive ketones (excluding diaryl/α,β-unsaturated/α-hetero) is 1. The highest BCUT2D eigenvalue weighted by Gasteiger charge is 2.27. The van der Waals surface area contributed by atoms with Crippen molar-refractivity contribution in [2.75, 3.05) is 11.9 Å². The van der Waals surface area contributed by atoms with Crippen molar-refractivity contribution >= 4 is 11.5 Å². The average molecular weight is 269 g/mol. The largest absolute Gasteiger partial charge is 0.385 e. The minimum atomic E-state index is -0.301. The first-order valence-electron chi connectivity index (χ1n) is 6.80. The summed E-state index contributed by atoms with van der Waals surface area (Å²) in [6.45, 7) is 2.57. The van der Waals surface area contributed by atoms with Gasteiger partial charge in [0, 0.05) is 17.8 Å². The minimum Gasteiger partial charge on any atom is -0.385 e. The fraction of sp³-hybridized carbons (Fsp3) is 0.235. The van der Waals surface area contributed by atoms with E-state index in [4.69, 9.17) is 0 Å². The first kappa shape index (κ1) is 12.9. The van der Waals surface area contributed by atoms with Crippen LogP contribution in [0.15, 0.2) is 42.5 Å². The summed E-state index contributed by atoms with van der Waals surface area (Å²) in [5.74, 6) is -0.363. The second-order valence-electron chi connectivity index (χ2n) is 5.18. The summed E-state index contributed by atoms with van der Waals surface area (Å²) in [6.07, 6.45) is 0.770. The Bertz CT molecular complexity index is 666. The Morgan fingerprint density at radius 3 is 2.85 bits per heavy atom. The molecule has 1 N–H and O–H groups in total. The van der Waals surface area contributed by atoms with E-state index in [2.05, 4.69) is 5.32 Å². The van der Waals surface area contributed by atoms with Gasteiger partial charge in [0.15, 0.2) is 5.78 Å². The number of nitrogens with one attached hydrogen (secondary N) is 1. The lowest BCUT2D eigenvalue weighted by molar-refractivity contribution is 0.0954. The fourth-order valence-electron chi connectivity index (χ4n) is 2.83. The second-order valence-corrected chi connectivity index (χ2v) is 5.18. The van der Waals surface area contributed by atoms with Gasteiger partial charge >= 0.3 is 0 Å². The van der Waals surface area contributed by atoms with Gasteiger partial charge in [-0.05, 0) is 48.7 Å². The van der Waals surface area contributed by atoms with E-state index in [-0.39, 0.29) is 17.5 Å². The quantitative estimate of drug-likeness (QED) is 0.837. The molecular formula is C17H16FNO. The normalized spacial score (nSPS) is 17.2. The molecule has 0 amide bonds. The Hall–Kier alpha value is -2.16. The van der Waals surface area contributed by atoms with Gasteiger partial charge in [0.05, 0.1) is 5.92 Å². The minimum absolute atomic E-state index is 0.0800. The third kappa shape index (κ3) is 2.20. The van der Waals surface area contributed by atoms with Gasteiger partial charge in [0.1, 0.15) is 5.82 Å². The predicted octanol–water partition coefficient (Wildman–Crippen LogP) is 3.92. The van der Waals surface area contributed by atoms with E-state index in [1.54, 1.807) is 13.0 Å². The molecule has 0 spiro atoms. The van der Waals surface area contributed by atoms with Crippen LogP contribution in [0.25, 0.3) is 0 Å². The van der Waals surface area contributed by atoms with E-state index in [0.717, 1.165) is 24.2 Å². The SMILES string of the molecule is Cc1cc(F)ccc1C(=O)C1CCNc2ccccc21. The lowest BCUT2D eigenvalue weighted by Crippen LogP contribution is -2.23. The Kier molecular flexibility index (Phi) is 3.26. The van der Waals surface area contributed by atoms with Crippen molar-refractivity contribution in [2.45, 2.75) is 19.3 Å². The van der Waals surface area contributed by atoms with E-state index in [9.17, 15) is 9.18 Å². The van der Waals surface area contributed by atoms with Crippen molar-refractivity contribution in [3.05, 3.63) is 65.0 Å². The van der Waals surface area contributed by atoms with Crippen LogP contribution in [0.2, 0.25) is 0 Å². The van der Waals surface area contributed by atoms with Crippen molar-refractivity contribution in [1.82, 2.24) is 0 Å². The van der Waals surface area contributed by atoms with Gasteiger partial charge < -0.3 is 5.32 Å². The van der Waals surface area contributed by atoms with Crippen LogP contribution in [-0.2, 0) is 0 Å². The molecule has 0 aromatic heterocycles. The van der Waals surface area contributed by atoms with E-state index in [1.807, 2.05) is 24.3 Å². The molecule has 0 aliphatic carbocycles. The highest BCUT2D eigenvalue weighted by atomic mass is 19.1. The van der Waals surface area contributed by atoms with Gasteiger partial charge in [-0.3, -0.25) is 4.79 Å². The summed E-state index contributed by atoms with van der Waals surface area (Å²) in [5, 5.41) is 3.31. The number of benzene rings is 2. The number of para-hydroxylation sites is 1. The molecule has 0 radical (unpaired) electrons. The lowest BCUT2D eigenvalue weighted by atomic mass is 9.84. The van der Waals surface area contributed by atoms with Crippen LogP contribution < -0.4 is 5.32 Å². The molecule has 1 unspecified atom stereocenters. The number of fused-ring (bicyclic) bond motifs is 1. The zero-order valence-electron chi connectivity index (χ0n) is 11.3. The number of hydrogen-bond donors (Lipinski definition) is 1. The number of ketones is 1. The number of rotatable bonds is 2. The third-order valence-corrected chi connectivity index (χ3v) is 3.86. The van der Waals surface area contributed by atoms with Crippen LogP contribution in [0.4, 0.5) is 10.1 Å². The molecule has 1 heterocycles. The number of anilines is 1. The standard InChI is InChI=1S/C17H16FNO/c1-11-10-12(18)6-7-13(11)17(20)15-8-9-19-16-5-3-2-4-14(15)16/h2-7,10,15,19H,8-9H2,1H3. The fourth-order valence-corrected chi connectivity index (χ4v) is 2.83. The van der Waals surface area contributed by atoms with Crippen molar-refractivity contribution in [3.63, 3.8) is 0 Å². The second kappa shape index (κ2) is 5.08. The molecule has 0 fully saturated rings. The number of hydrogen-bond acceptors (Lipinski definition) is 2. The average Bonchev–Trinajstić information content (AvgIpc) is 2.46. The zero-order chi connectivity index (χ0) is 14.1. The molecule has 3 rings (SSSR count). The number of aryl methyl sites for hydroxylation is 1. The molecule has 1 aliphatic rings. The first-order chi connectivity index (χ1) is 9.66. The molecule has 0 saturated carbocycles. The van der Waals surface area contributed by atoms with Gasteiger partial charge in [-0.25, -0.2) is 4.39 Å². The molecule has 20 heavy (non-hydrogen) atoms. The van der Waals surface area contributed by atoms with E-state index < -0.39 is 0 Å². The van der Waals surface area contributed by atoms with Crippen LogP contribution in [0.5, 0.6) is 0 Å².